The Hall–Kier alpha value is -1.81. The van der Waals surface area contributed by atoms with Crippen molar-refractivity contribution in [1.82, 2.24) is 9.97 Å². The molecule has 1 aromatic heterocycles. The number of halogens is 1. The molecule has 0 aliphatic rings. The topological polar surface area (TPSA) is 47.0 Å². The molecule has 4 nitrogen and oxygen atoms in total. The number of hydrogen-bond acceptors (Lipinski definition) is 4. The minimum absolute atomic E-state index is 0.556. The van der Waals surface area contributed by atoms with Crippen LogP contribution in [-0.4, -0.2) is 16.5 Å². The van der Waals surface area contributed by atoms with Gasteiger partial charge in [0.2, 0.25) is 11.8 Å². The van der Waals surface area contributed by atoms with Crippen molar-refractivity contribution in [2.75, 3.05) is 11.9 Å². The molecule has 5 heteroatoms. The molecule has 0 bridgehead atoms. The highest BCUT2D eigenvalue weighted by Crippen LogP contribution is 2.27. The van der Waals surface area contributed by atoms with E-state index in [1.807, 2.05) is 32.0 Å². The average Bonchev–Trinajstić information content (AvgIpc) is 2.45. The van der Waals surface area contributed by atoms with Gasteiger partial charge >= 0.3 is 0 Å². The van der Waals surface area contributed by atoms with Crippen molar-refractivity contribution < 1.29 is 4.74 Å². The first-order valence-corrected chi connectivity index (χ1v) is 7.05. The Balaban J connectivity index is 2.27. The molecule has 1 N–H and O–H groups in total. The van der Waals surface area contributed by atoms with Crippen LogP contribution in [0.5, 0.6) is 11.6 Å². The fraction of sp³-hybridized carbons (Fsp3) is 0.333. The molecular weight excluding hydrogens is 274 g/mol. The molecule has 1 aromatic carbocycles. The van der Waals surface area contributed by atoms with Crippen molar-refractivity contribution in [2.45, 2.75) is 27.2 Å². The first-order valence-electron chi connectivity index (χ1n) is 6.67. The predicted octanol–water partition coefficient (Wildman–Crippen LogP) is 4.22. The minimum Gasteiger partial charge on any atom is -0.439 e. The van der Waals surface area contributed by atoms with Gasteiger partial charge in [-0.25, -0.2) is 4.98 Å². The van der Waals surface area contributed by atoms with Crippen molar-refractivity contribution in [1.29, 1.82) is 0 Å². The highest BCUT2D eigenvalue weighted by atomic mass is 35.5. The maximum absolute atomic E-state index is 6.11. The van der Waals surface area contributed by atoms with E-state index >= 15 is 0 Å². The molecule has 0 atom stereocenters. The molecule has 0 aliphatic heterocycles. The molecule has 2 rings (SSSR count). The molecule has 2 aromatic rings. The number of ether oxygens (including phenoxy) is 1. The Morgan fingerprint density at radius 2 is 2.10 bits per heavy atom. The number of anilines is 1. The molecule has 0 saturated heterocycles. The summed E-state index contributed by atoms with van der Waals surface area (Å²) >= 11 is 6.11. The molecular formula is C15H18ClN3O. The van der Waals surface area contributed by atoms with Gasteiger partial charge in [-0.15, -0.1) is 0 Å². The first kappa shape index (κ1) is 14.6. The highest BCUT2D eigenvalue weighted by molar-refractivity contribution is 6.31. The van der Waals surface area contributed by atoms with Gasteiger partial charge in [0.05, 0.1) is 0 Å². The minimum atomic E-state index is 0.556. The molecule has 1 heterocycles. The van der Waals surface area contributed by atoms with E-state index in [-0.39, 0.29) is 0 Å². The van der Waals surface area contributed by atoms with Crippen molar-refractivity contribution in [2.24, 2.45) is 0 Å². The zero-order valence-corrected chi connectivity index (χ0v) is 12.7. The van der Waals surface area contributed by atoms with Gasteiger partial charge in [-0.3, -0.25) is 0 Å². The van der Waals surface area contributed by atoms with Crippen LogP contribution in [0.15, 0.2) is 24.4 Å². The number of aryl methyl sites for hydroxylation is 2. The van der Waals surface area contributed by atoms with E-state index in [1.54, 1.807) is 6.20 Å². The van der Waals surface area contributed by atoms with Crippen LogP contribution in [-0.2, 0) is 6.42 Å². The quantitative estimate of drug-likeness (QED) is 0.896. The molecule has 0 spiro atoms. The lowest BCUT2D eigenvalue weighted by atomic mass is 10.1. The number of aromatic nitrogens is 2. The Labute approximate surface area is 124 Å². The summed E-state index contributed by atoms with van der Waals surface area (Å²) in [6.07, 6.45) is 2.61. The summed E-state index contributed by atoms with van der Waals surface area (Å²) < 4.78 is 5.84. The summed E-state index contributed by atoms with van der Waals surface area (Å²) in [4.78, 5) is 8.55. The van der Waals surface area contributed by atoms with E-state index in [9.17, 15) is 0 Å². The Bertz CT molecular complexity index is 602. The van der Waals surface area contributed by atoms with Crippen molar-refractivity contribution in [3.63, 3.8) is 0 Å². The van der Waals surface area contributed by atoms with Crippen molar-refractivity contribution in [3.8, 4) is 11.6 Å². The van der Waals surface area contributed by atoms with Gasteiger partial charge in [-0.2, -0.15) is 4.98 Å². The summed E-state index contributed by atoms with van der Waals surface area (Å²) in [7, 11) is 0. The smallest absolute Gasteiger partial charge is 0.226 e. The molecule has 106 valence electrons. The van der Waals surface area contributed by atoms with E-state index < -0.39 is 0 Å². The summed E-state index contributed by atoms with van der Waals surface area (Å²) in [6.45, 7) is 6.74. The molecule has 20 heavy (non-hydrogen) atoms. The Kier molecular flexibility index (Phi) is 4.79. The van der Waals surface area contributed by atoms with Crippen LogP contribution in [0, 0.1) is 6.92 Å². The number of hydrogen-bond donors (Lipinski definition) is 1. The number of nitrogens with zero attached hydrogens (tertiary/aromatic N) is 2. The van der Waals surface area contributed by atoms with Crippen molar-refractivity contribution >= 4 is 17.5 Å². The second kappa shape index (κ2) is 6.57. The van der Waals surface area contributed by atoms with Crippen LogP contribution < -0.4 is 10.1 Å². The third-order valence-corrected chi connectivity index (χ3v) is 3.24. The van der Waals surface area contributed by atoms with Crippen LogP contribution in [0.4, 0.5) is 5.95 Å². The monoisotopic (exact) mass is 291 g/mol. The van der Waals surface area contributed by atoms with Crippen LogP contribution in [0.3, 0.4) is 0 Å². The predicted molar refractivity (Wildman–Crippen MR) is 81.8 cm³/mol. The molecule has 0 amide bonds. The third kappa shape index (κ3) is 3.39. The third-order valence-electron chi connectivity index (χ3n) is 2.87. The maximum atomic E-state index is 6.11. The lowest BCUT2D eigenvalue weighted by Gasteiger charge is -2.10. The van der Waals surface area contributed by atoms with Gasteiger partial charge in [-0.05, 0) is 44.0 Å². The van der Waals surface area contributed by atoms with Crippen LogP contribution in [0.1, 0.15) is 25.0 Å². The molecule has 0 saturated carbocycles. The lowest BCUT2D eigenvalue weighted by Crippen LogP contribution is -2.03. The summed E-state index contributed by atoms with van der Waals surface area (Å²) in [6, 6.07) is 5.63. The van der Waals surface area contributed by atoms with Crippen molar-refractivity contribution in [3.05, 3.63) is 40.5 Å². The summed E-state index contributed by atoms with van der Waals surface area (Å²) in [5.74, 6) is 1.86. The molecule has 0 aliphatic carbocycles. The van der Waals surface area contributed by atoms with Crippen LogP contribution in [0.25, 0.3) is 0 Å². The number of nitrogens with one attached hydrogen (secondary N) is 1. The Morgan fingerprint density at radius 3 is 2.80 bits per heavy atom. The van der Waals surface area contributed by atoms with Gasteiger partial charge in [0.25, 0.3) is 0 Å². The lowest BCUT2D eigenvalue weighted by molar-refractivity contribution is 0.457. The average molecular weight is 292 g/mol. The van der Waals surface area contributed by atoms with Crippen LogP contribution in [0.2, 0.25) is 5.02 Å². The van der Waals surface area contributed by atoms with Gasteiger partial charge in [0.1, 0.15) is 5.75 Å². The van der Waals surface area contributed by atoms with E-state index in [2.05, 4.69) is 22.2 Å². The van der Waals surface area contributed by atoms with Gasteiger partial charge in [0.15, 0.2) is 0 Å². The second-order valence-corrected chi connectivity index (χ2v) is 4.83. The van der Waals surface area contributed by atoms with E-state index in [1.165, 1.54) is 0 Å². The fourth-order valence-electron chi connectivity index (χ4n) is 1.77. The van der Waals surface area contributed by atoms with E-state index in [4.69, 9.17) is 16.3 Å². The summed E-state index contributed by atoms with van der Waals surface area (Å²) in [5.41, 5.74) is 1.95. The standard InChI is InChI=1S/C15H18ClN3O/c1-4-11-8-12(6-7-13(11)16)20-14-10(3)9-18-15(19-14)17-5-2/h6-9H,4-5H2,1-3H3,(H,17,18,19). The SMILES string of the molecule is CCNc1ncc(C)c(Oc2ccc(Cl)c(CC)c2)n1. The first-order chi connectivity index (χ1) is 9.63. The number of rotatable bonds is 5. The van der Waals surface area contributed by atoms with Gasteiger partial charge < -0.3 is 10.1 Å². The molecule has 0 unspecified atom stereocenters. The van der Waals surface area contributed by atoms with E-state index in [0.29, 0.717) is 11.8 Å². The molecule has 0 radical (unpaired) electrons. The maximum Gasteiger partial charge on any atom is 0.226 e. The largest absolute Gasteiger partial charge is 0.439 e. The second-order valence-electron chi connectivity index (χ2n) is 4.42. The number of benzene rings is 1. The zero-order valence-electron chi connectivity index (χ0n) is 11.9. The highest BCUT2D eigenvalue weighted by Gasteiger charge is 2.07. The van der Waals surface area contributed by atoms with Crippen LogP contribution >= 0.6 is 11.6 Å². The normalized spacial score (nSPS) is 10.4. The molecule has 0 fully saturated rings. The van der Waals surface area contributed by atoms with Gasteiger partial charge in [-0.1, -0.05) is 18.5 Å². The fourth-order valence-corrected chi connectivity index (χ4v) is 2.02. The zero-order chi connectivity index (χ0) is 14.5. The van der Waals surface area contributed by atoms with E-state index in [0.717, 1.165) is 34.9 Å². The van der Waals surface area contributed by atoms with Gasteiger partial charge in [0, 0.05) is 23.3 Å². The Morgan fingerprint density at radius 1 is 1.30 bits per heavy atom. The summed E-state index contributed by atoms with van der Waals surface area (Å²) in [5, 5.41) is 3.83.